The van der Waals surface area contributed by atoms with Gasteiger partial charge in [0.15, 0.2) is 0 Å². The van der Waals surface area contributed by atoms with Crippen molar-refractivity contribution < 1.29 is 4.79 Å². The lowest BCUT2D eigenvalue weighted by molar-refractivity contribution is -0.118. The molecule has 3 rings (SSSR count). The minimum atomic E-state index is -0.0648. The molecule has 1 heterocycles. The summed E-state index contributed by atoms with van der Waals surface area (Å²) in [6, 6.07) is 7.49. The predicted molar refractivity (Wildman–Crippen MR) is 84.5 cm³/mol. The Morgan fingerprint density at radius 2 is 2.00 bits per heavy atom. The van der Waals surface area contributed by atoms with E-state index in [4.69, 9.17) is 11.6 Å². The number of amides is 1. The van der Waals surface area contributed by atoms with Crippen LogP contribution in [0.3, 0.4) is 0 Å². The summed E-state index contributed by atoms with van der Waals surface area (Å²) >= 11 is 5.93. The molecule has 0 radical (unpaired) electrons. The van der Waals surface area contributed by atoms with E-state index in [0.29, 0.717) is 10.9 Å². The molecule has 1 aromatic heterocycles. The van der Waals surface area contributed by atoms with Crippen LogP contribution in [0.2, 0.25) is 5.02 Å². The maximum Gasteiger partial charge on any atom is 0.227 e. The minimum Gasteiger partial charge on any atom is -0.322 e. The lowest BCUT2D eigenvalue weighted by Crippen LogP contribution is -2.18. The van der Waals surface area contributed by atoms with E-state index in [1.165, 1.54) is 0 Å². The van der Waals surface area contributed by atoms with Crippen LogP contribution in [0, 0.1) is 5.92 Å². The van der Waals surface area contributed by atoms with E-state index in [1.54, 1.807) is 0 Å². The number of rotatable bonds is 4. The van der Waals surface area contributed by atoms with Gasteiger partial charge in [-0.15, -0.1) is 0 Å². The fourth-order valence-electron chi connectivity index (χ4n) is 2.23. The first-order valence-electron chi connectivity index (χ1n) is 7.21. The van der Waals surface area contributed by atoms with E-state index in [1.807, 2.05) is 38.1 Å². The molecule has 1 aliphatic carbocycles. The largest absolute Gasteiger partial charge is 0.322 e. The Bertz CT molecular complexity index is 657. The highest BCUT2D eigenvalue weighted by Gasteiger charge is 2.31. The van der Waals surface area contributed by atoms with Gasteiger partial charge in [0.1, 0.15) is 5.69 Å². The summed E-state index contributed by atoms with van der Waals surface area (Å²) in [5.74, 6) is 0.430. The van der Waals surface area contributed by atoms with Crippen molar-refractivity contribution in [2.45, 2.75) is 32.6 Å². The lowest BCUT2D eigenvalue weighted by Gasteiger charge is -2.10. The Balaban J connectivity index is 1.99. The Morgan fingerprint density at radius 1 is 1.33 bits per heavy atom. The first kappa shape index (κ1) is 14.1. The molecule has 1 aromatic carbocycles. The van der Waals surface area contributed by atoms with Crippen molar-refractivity contribution in [1.82, 2.24) is 10.2 Å². The van der Waals surface area contributed by atoms with Crippen molar-refractivity contribution in [1.29, 1.82) is 0 Å². The van der Waals surface area contributed by atoms with Gasteiger partial charge >= 0.3 is 0 Å². The van der Waals surface area contributed by atoms with Crippen LogP contribution < -0.4 is 5.32 Å². The normalized spacial score (nSPS) is 14.5. The van der Waals surface area contributed by atoms with Crippen molar-refractivity contribution in [3.8, 4) is 11.3 Å². The molecule has 4 nitrogen and oxygen atoms in total. The molecule has 1 fully saturated rings. The SMILES string of the molecule is CC(C)C(=O)Nc1c(-c2ccc(Cl)cc2)n[nH]c1C1CC1. The van der Waals surface area contributed by atoms with E-state index >= 15 is 0 Å². The van der Waals surface area contributed by atoms with Gasteiger partial charge in [0, 0.05) is 22.4 Å². The van der Waals surface area contributed by atoms with E-state index in [0.717, 1.165) is 35.5 Å². The highest BCUT2D eigenvalue weighted by molar-refractivity contribution is 6.30. The molecule has 5 heteroatoms. The molecular formula is C16H18ClN3O. The average molecular weight is 304 g/mol. The summed E-state index contributed by atoms with van der Waals surface area (Å²) in [7, 11) is 0. The zero-order valence-electron chi connectivity index (χ0n) is 12.1. The van der Waals surface area contributed by atoms with Crippen molar-refractivity contribution >= 4 is 23.2 Å². The Labute approximate surface area is 128 Å². The molecule has 110 valence electrons. The Hall–Kier alpha value is -1.81. The summed E-state index contributed by atoms with van der Waals surface area (Å²) in [4.78, 5) is 12.1. The van der Waals surface area contributed by atoms with Crippen LogP contribution in [-0.2, 0) is 4.79 Å². The molecule has 0 saturated heterocycles. The number of carbonyl (C=O) groups excluding carboxylic acids is 1. The van der Waals surface area contributed by atoms with Crippen LogP contribution in [-0.4, -0.2) is 16.1 Å². The van der Waals surface area contributed by atoms with E-state index < -0.39 is 0 Å². The second kappa shape index (κ2) is 5.53. The molecule has 0 spiro atoms. The highest BCUT2D eigenvalue weighted by Crippen LogP contribution is 2.45. The first-order valence-corrected chi connectivity index (χ1v) is 7.59. The second-order valence-corrected chi connectivity index (χ2v) is 6.22. The molecule has 1 amide bonds. The number of H-pyrrole nitrogens is 1. The molecule has 1 saturated carbocycles. The third-order valence-electron chi connectivity index (χ3n) is 3.67. The number of hydrogen-bond donors (Lipinski definition) is 2. The average Bonchev–Trinajstić information content (AvgIpc) is 3.22. The number of hydrogen-bond acceptors (Lipinski definition) is 2. The summed E-state index contributed by atoms with van der Waals surface area (Å²) in [5, 5.41) is 11.2. The zero-order chi connectivity index (χ0) is 15.0. The van der Waals surface area contributed by atoms with Gasteiger partial charge in [0.05, 0.1) is 11.4 Å². The van der Waals surface area contributed by atoms with Gasteiger partial charge in [-0.05, 0) is 25.0 Å². The summed E-state index contributed by atoms with van der Waals surface area (Å²) in [6.07, 6.45) is 2.29. The van der Waals surface area contributed by atoms with Crippen LogP contribution in [0.4, 0.5) is 5.69 Å². The van der Waals surface area contributed by atoms with Crippen LogP contribution in [0.5, 0.6) is 0 Å². The van der Waals surface area contributed by atoms with Gasteiger partial charge in [-0.2, -0.15) is 5.10 Å². The molecule has 0 unspecified atom stereocenters. The van der Waals surface area contributed by atoms with E-state index in [-0.39, 0.29) is 11.8 Å². The van der Waals surface area contributed by atoms with Gasteiger partial charge in [0.2, 0.25) is 5.91 Å². The number of anilines is 1. The van der Waals surface area contributed by atoms with Crippen LogP contribution in [0.25, 0.3) is 11.3 Å². The monoisotopic (exact) mass is 303 g/mol. The van der Waals surface area contributed by atoms with E-state index in [2.05, 4.69) is 15.5 Å². The van der Waals surface area contributed by atoms with Gasteiger partial charge in [0.25, 0.3) is 0 Å². The lowest BCUT2D eigenvalue weighted by atomic mass is 10.1. The summed E-state index contributed by atoms with van der Waals surface area (Å²) < 4.78 is 0. The molecule has 21 heavy (non-hydrogen) atoms. The molecule has 2 N–H and O–H groups in total. The van der Waals surface area contributed by atoms with Crippen molar-refractivity contribution in [2.24, 2.45) is 5.92 Å². The second-order valence-electron chi connectivity index (χ2n) is 5.79. The van der Waals surface area contributed by atoms with Crippen LogP contribution in [0.1, 0.15) is 38.3 Å². The summed E-state index contributed by atoms with van der Waals surface area (Å²) in [5.41, 5.74) is 3.58. The Morgan fingerprint density at radius 3 is 2.57 bits per heavy atom. The van der Waals surface area contributed by atoms with Crippen molar-refractivity contribution in [3.63, 3.8) is 0 Å². The number of halogens is 1. The van der Waals surface area contributed by atoms with E-state index in [9.17, 15) is 4.79 Å². The zero-order valence-corrected chi connectivity index (χ0v) is 12.9. The van der Waals surface area contributed by atoms with Crippen molar-refractivity contribution in [3.05, 3.63) is 35.0 Å². The third-order valence-corrected chi connectivity index (χ3v) is 3.92. The van der Waals surface area contributed by atoms with Gasteiger partial charge < -0.3 is 5.32 Å². The van der Waals surface area contributed by atoms with Gasteiger partial charge in [-0.3, -0.25) is 9.89 Å². The van der Waals surface area contributed by atoms with Crippen LogP contribution >= 0.6 is 11.6 Å². The molecule has 2 aromatic rings. The number of benzene rings is 1. The number of aromatic amines is 1. The molecule has 0 atom stereocenters. The molecule has 1 aliphatic rings. The molecule has 0 bridgehead atoms. The highest BCUT2D eigenvalue weighted by atomic mass is 35.5. The topological polar surface area (TPSA) is 57.8 Å². The van der Waals surface area contributed by atoms with Gasteiger partial charge in [-0.1, -0.05) is 37.6 Å². The molecular weight excluding hydrogens is 286 g/mol. The molecule has 0 aliphatic heterocycles. The number of aromatic nitrogens is 2. The fraction of sp³-hybridized carbons (Fsp3) is 0.375. The summed E-state index contributed by atoms with van der Waals surface area (Å²) in [6.45, 7) is 3.77. The predicted octanol–water partition coefficient (Wildman–Crippen LogP) is 4.20. The Kier molecular flexibility index (Phi) is 3.72. The number of nitrogens with one attached hydrogen (secondary N) is 2. The maximum atomic E-state index is 12.1. The third kappa shape index (κ3) is 2.95. The smallest absolute Gasteiger partial charge is 0.227 e. The standard InChI is InChI=1S/C16H18ClN3O/c1-9(2)16(21)18-15-13(10-3-4-10)19-20-14(15)11-5-7-12(17)8-6-11/h5-10H,3-4H2,1-2H3,(H,18,21)(H,19,20). The minimum absolute atomic E-state index is 0.00788. The quantitative estimate of drug-likeness (QED) is 0.889. The number of carbonyl (C=O) groups is 1. The van der Waals surface area contributed by atoms with Gasteiger partial charge in [-0.25, -0.2) is 0 Å². The van der Waals surface area contributed by atoms with Crippen LogP contribution in [0.15, 0.2) is 24.3 Å². The maximum absolute atomic E-state index is 12.1. The number of nitrogens with zero attached hydrogens (tertiary/aromatic N) is 1. The fourth-order valence-corrected chi connectivity index (χ4v) is 2.36. The van der Waals surface area contributed by atoms with Crippen molar-refractivity contribution in [2.75, 3.05) is 5.32 Å². The first-order chi connectivity index (χ1) is 10.1.